The number of rotatable bonds is 11. The van der Waals surface area contributed by atoms with Crippen LogP contribution in [0.2, 0.25) is 5.02 Å². The zero-order valence-corrected chi connectivity index (χ0v) is 28.2. The Morgan fingerprint density at radius 3 is 2.38 bits per heavy atom. The second-order valence-electron chi connectivity index (χ2n) is 11.5. The number of fused-ring (bicyclic) bond motifs is 1. The fourth-order valence-corrected chi connectivity index (χ4v) is 6.07. The number of anilines is 1. The van der Waals surface area contributed by atoms with E-state index < -0.39 is 29.6 Å². The fourth-order valence-electron chi connectivity index (χ4n) is 5.90. The number of nitrogens with one attached hydrogen (secondary N) is 2. The molecule has 264 valence electrons. The van der Waals surface area contributed by atoms with Crippen molar-refractivity contribution in [2.45, 2.75) is 12.5 Å². The fraction of sp³-hybridized carbons (Fsp3) is 0.167. The summed E-state index contributed by atoms with van der Waals surface area (Å²) in [5.41, 5.74) is 3.84. The summed E-state index contributed by atoms with van der Waals surface area (Å²) in [6, 6.07) is 19.7. The van der Waals surface area contributed by atoms with Crippen LogP contribution in [0.4, 0.5) is 10.1 Å². The smallest absolute Gasteiger partial charge is 0.335 e. The highest BCUT2D eigenvalue weighted by molar-refractivity contribution is 6.31. The number of hydrogen-bond acceptors (Lipinski definition) is 9. The van der Waals surface area contributed by atoms with Crippen molar-refractivity contribution in [2.24, 2.45) is 0 Å². The number of carboxylic acids is 1. The van der Waals surface area contributed by atoms with Crippen molar-refractivity contribution in [3.8, 4) is 16.8 Å². The number of ether oxygens (including phenoxy) is 1. The monoisotopic (exact) mass is 724 g/mol. The first-order chi connectivity index (χ1) is 25.2. The summed E-state index contributed by atoms with van der Waals surface area (Å²) in [5, 5.41) is 28.9. The van der Waals surface area contributed by atoms with Crippen LogP contribution in [0.1, 0.15) is 43.4 Å². The van der Waals surface area contributed by atoms with Crippen molar-refractivity contribution in [1.29, 1.82) is 0 Å². The molecular formula is C36H30ClFN8O6. The second kappa shape index (κ2) is 15.7. The second-order valence-corrected chi connectivity index (χ2v) is 11.9. The first-order valence-electron chi connectivity index (χ1n) is 15.9. The number of halogens is 2. The molecule has 14 nitrogen and oxygen atoms in total. The number of hydrogen-bond donors (Lipinski definition) is 3. The zero-order chi connectivity index (χ0) is 36.8. The van der Waals surface area contributed by atoms with E-state index in [1.54, 1.807) is 31.4 Å². The van der Waals surface area contributed by atoms with Gasteiger partial charge in [0.05, 0.1) is 22.9 Å². The highest BCUT2D eigenvalue weighted by Gasteiger charge is 2.36. The Hall–Kier alpha value is -6.32. The standard InChI is InChI=1S/C36H30ClFN8O6/c1-52-20-18-39-34(48)22-7-5-21(6-8-22)25-3-2-4-27-26(25)17-19-45(33(27)35(49)40-24-11-9-23(10-12-24)36(50)51)31(47)16-13-28-30(46-43-41-42-44-46)15-14-29(37)32(28)38/h2-16,33H,17-20H2,1H3,(H,39,48)(H,40,49)(H,50,51)/b16-13+. The maximum atomic E-state index is 15.3. The molecule has 3 N–H and O–H groups in total. The van der Waals surface area contributed by atoms with Crippen LogP contribution in [0.5, 0.6) is 0 Å². The Morgan fingerprint density at radius 2 is 1.69 bits per heavy atom. The largest absolute Gasteiger partial charge is 0.478 e. The van der Waals surface area contributed by atoms with Crippen LogP contribution in [0.3, 0.4) is 0 Å². The normalized spacial score (nSPS) is 13.8. The molecule has 2 heterocycles. The van der Waals surface area contributed by atoms with Crippen molar-refractivity contribution >= 4 is 47.1 Å². The number of aromatic carboxylic acids is 1. The topological polar surface area (TPSA) is 182 Å². The molecule has 0 saturated heterocycles. The molecule has 1 atom stereocenters. The summed E-state index contributed by atoms with van der Waals surface area (Å²) in [4.78, 5) is 54.3. The maximum Gasteiger partial charge on any atom is 0.335 e. The van der Waals surface area contributed by atoms with Crippen molar-refractivity contribution < 1.29 is 33.4 Å². The summed E-state index contributed by atoms with van der Waals surface area (Å²) in [5.74, 6) is -3.35. The molecule has 0 radical (unpaired) electrons. The van der Waals surface area contributed by atoms with Crippen LogP contribution in [0.15, 0.2) is 84.9 Å². The van der Waals surface area contributed by atoms with E-state index in [0.717, 1.165) is 27.6 Å². The van der Waals surface area contributed by atoms with E-state index in [1.807, 2.05) is 18.2 Å². The number of benzene rings is 4. The molecule has 5 aromatic rings. The molecular weight excluding hydrogens is 695 g/mol. The van der Waals surface area contributed by atoms with E-state index in [0.29, 0.717) is 36.4 Å². The van der Waals surface area contributed by atoms with Gasteiger partial charge in [0.2, 0.25) is 5.91 Å². The van der Waals surface area contributed by atoms with Crippen LogP contribution >= 0.6 is 11.6 Å². The molecule has 1 unspecified atom stereocenters. The zero-order valence-electron chi connectivity index (χ0n) is 27.5. The molecule has 4 aromatic carbocycles. The van der Waals surface area contributed by atoms with Crippen molar-refractivity contribution in [3.63, 3.8) is 0 Å². The minimum absolute atomic E-state index is 0.0376. The highest BCUT2D eigenvalue weighted by atomic mass is 35.5. The van der Waals surface area contributed by atoms with Gasteiger partial charge in [-0.05, 0) is 104 Å². The van der Waals surface area contributed by atoms with Gasteiger partial charge in [-0.3, -0.25) is 14.4 Å². The van der Waals surface area contributed by atoms with Crippen LogP contribution < -0.4 is 10.6 Å². The third-order valence-electron chi connectivity index (χ3n) is 8.41. The number of nitrogens with zero attached hydrogens (tertiary/aromatic N) is 6. The molecule has 3 amide bonds. The Labute approximate surface area is 300 Å². The molecule has 0 saturated carbocycles. The van der Waals surface area contributed by atoms with Gasteiger partial charge in [0, 0.05) is 43.1 Å². The molecule has 0 bridgehead atoms. The van der Waals surface area contributed by atoms with Gasteiger partial charge in [0.25, 0.3) is 11.8 Å². The Bertz CT molecular complexity index is 2160. The predicted molar refractivity (Wildman–Crippen MR) is 187 cm³/mol. The predicted octanol–water partition coefficient (Wildman–Crippen LogP) is 4.37. The first kappa shape index (κ1) is 35.5. The third kappa shape index (κ3) is 7.55. The molecule has 52 heavy (non-hydrogen) atoms. The first-order valence-corrected chi connectivity index (χ1v) is 16.3. The van der Waals surface area contributed by atoms with Gasteiger partial charge in [0.1, 0.15) is 6.04 Å². The molecule has 16 heteroatoms. The lowest BCUT2D eigenvalue weighted by Gasteiger charge is -2.37. The van der Waals surface area contributed by atoms with E-state index >= 15 is 4.39 Å². The van der Waals surface area contributed by atoms with Gasteiger partial charge < -0.3 is 25.4 Å². The van der Waals surface area contributed by atoms with Gasteiger partial charge in [-0.15, -0.1) is 4.80 Å². The SMILES string of the molecule is COCCNC(=O)c1ccc(-c2cccc3c2CCN(C(=O)/C=C/c2c(-n4nnnn4)ccc(Cl)c2F)C3C(=O)Nc2ccc(C(=O)O)cc2)cc1. The van der Waals surface area contributed by atoms with Crippen LogP contribution in [-0.2, 0) is 20.7 Å². The van der Waals surface area contributed by atoms with Crippen LogP contribution in [0.25, 0.3) is 22.9 Å². The summed E-state index contributed by atoms with van der Waals surface area (Å²) < 4.78 is 20.3. The molecule has 1 aliphatic heterocycles. The van der Waals surface area contributed by atoms with Gasteiger partial charge in [-0.25, -0.2) is 9.18 Å². The van der Waals surface area contributed by atoms with E-state index in [9.17, 15) is 24.3 Å². The highest BCUT2D eigenvalue weighted by Crippen LogP contribution is 2.37. The van der Waals surface area contributed by atoms with Crippen molar-refractivity contribution in [1.82, 2.24) is 35.9 Å². The quantitative estimate of drug-likeness (QED) is 0.131. The lowest BCUT2D eigenvalue weighted by atomic mass is 9.85. The number of methoxy groups -OCH3 is 1. The number of aromatic nitrogens is 5. The minimum Gasteiger partial charge on any atom is -0.478 e. The van der Waals surface area contributed by atoms with E-state index in [1.165, 1.54) is 47.4 Å². The Balaban J connectivity index is 1.35. The van der Waals surface area contributed by atoms with Gasteiger partial charge in [-0.1, -0.05) is 41.9 Å². The Kier molecular flexibility index (Phi) is 10.7. The van der Waals surface area contributed by atoms with Crippen molar-refractivity contribution in [2.75, 3.05) is 32.1 Å². The lowest BCUT2D eigenvalue weighted by Crippen LogP contribution is -2.45. The van der Waals surface area contributed by atoms with Gasteiger partial charge in [-0.2, -0.15) is 0 Å². The summed E-state index contributed by atoms with van der Waals surface area (Å²) >= 11 is 6.06. The lowest BCUT2D eigenvalue weighted by molar-refractivity contribution is -0.135. The van der Waals surface area contributed by atoms with Gasteiger partial charge in [0.15, 0.2) is 5.82 Å². The number of carbonyl (C=O) groups excluding carboxylic acids is 3. The molecule has 1 aliphatic rings. The number of carboxylic acid groups (broad SMARTS) is 1. The van der Waals surface area contributed by atoms with E-state index in [4.69, 9.17) is 16.3 Å². The van der Waals surface area contributed by atoms with E-state index in [-0.39, 0.29) is 34.3 Å². The molecule has 0 aliphatic carbocycles. The summed E-state index contributed by atoms with van der Waals surface area (Å²) in [6.45, 7) is 0.865. The number of amides is 3. The van der Waals surface area contributed by atoms with Crippen molar-refractivity contribution in [3.05, 3.63) is 124 Å². The third-order valence-corrected chi connectivity index (χ3v) is 8.70. The van der Waals surface area contributed by atoms with E-state index in [2.05, 4.69) is 31.5 Å². The maximum absolute atomic E-state index is 15.3. The molecule has 1 aromatic heterocycles. The molecule has 0 fully saturated rings. The van der Waals surface area contributed by atoms with Crippen LogP contribution in [-0.4, -0.2) is 86.2 Å². The molecule has 0 spiro atoms. The average Bonchev–Trinajstić information content (AvgIpc) is 3.70. The summed E-state index contributed by atoms with van der Waals surface area (Å²) in [6.07, 6.45) is 2.73. The minimum atomic E-state index is -1.14. The van der Waals surface area contributed by atoms with Gasteiger partial charge >= 0.3 is 5.97 Å². The number of carbonyl (C=O) groups is 4. The van der Waals surface area contributed by atoms with Crippen LogP contribution in [0, 0.1) is 5.82 Å². The molecule has 6 rings (SSSR count). The summed E-state index contributed by atoms with van der Waals surface area (Å²) in [7, 11) is 1.55. The Morgan fingerprint density at radius 1 is 0.981 bits per heavy atom. The average molecular weight is 725 g/mol.